The van der Waals surface area contributed by atoms with E-state index in [1.165, 1.54) is 24.0 Å². The van der Waals surface area contributed by atoms with Gasteiger partial charge in [0.1, 0.15) is 5.75 Å². The molecule has 0 amide bonds. The predicted molar refractivity (Wildman–Crippen MR) is 71.8 cm³/mol. The number of halogens is 1. The summed E-state index contributed by atoms with van der Waals surface area (Å²) in [5.74, 6) is 1.64. The van der Waals surface area contributed by atoms with Crippen LogP contribution in [0.2, 0.25) is 0 Å². The maximum atomic E-state index is 5.46. The molecule has 2 rings (SSSR count). The average molecular weight is 269 g/mol. The molecule has 0 fully saturated rings. The zero-order valence-corrected chi connectivity index (χ0v) is 12.3. The van der Waals surface area contributed by atoms with Crippen molar-refractivity contribution < 1.29 is 17.1 Å². The predicted octanol–water partition coefficient (Wildman–Crippen LogP) is 0.117. The summed E-state index contributed by atoms with van der Waals surface area (Å²) in [4.78, 5) is 0. The minimum absolute atomic E-state index is 0. The fourth-order valence-electron chi connectivity index (χ4n) is 2.84. The van der Waals surface area contributed by atoms with Gasteiger partial charge in [0.05, 0.1) is 7.11 Å². The Labute approximate surface area is 117 Å². The molecule has 1 aliphatic rings. The van der Waals surface area contributed by atoms with Crippen molar-refractivity contribution >= 4 is 0 Å². The Morgan fingerprint density at radius 2 is 2.17 bits per heavy atom. The Kier molecular flexibility index (Phi) is 5.97. The number of ether oxygens (including phenoxy) is 1. The van der Waals surface area contributed by atoms with Crippen molar-refractivity contribution in [2.45, 2.75) is 45.1 Å². The van der Waals surface area contributed by atoms with Crippen LogP contribution in [0.4, 0.5) is 0 Å². The quantitative estimate of drug-likeness (QED) is 0.838. The minimum atomic E-state index is 0. The molecular formula is C15H23ClNO-. The minimum Gasteiger partial charge on any atom is -1.00 e. The van der Waals surface area contributed by atoms with E-state index in [1.54, 1.807) is 7.11 Å². The lowest BCUT2D eigenvalue weighted by molar-refractivity contribution is -0.00000396. The van der Waals surface area contributed by atoms with Crippen LogP contribution in [-0.2, 0) is 6.42 Å². The summed E-state index contributed by atoms with van der Waals surface area (Å²) >= 11 is 0. The first-order valence-corrected chi connectivity index (χ1v) is 6.67. The molecule has 0 saturated heterocycles. The first-order chi connectivity index (χ1) is 8.27. The summed E-state index contributed by atoms with van der Waals surface area (Å²) in [6.45, 7) is 5.66. The smallest absolute Gasteiger partial charge is 0.122 e. The maximum absolute atomic E-state index is 5.46. The average Bonchev–Trinajstić information content (AvgIpc) is 2.37. The van der Waals surface area contributed by atoms with E-state index in [4.69, 9.17) is 4.74 Å². The molecule has 18 heavy (non-hydrogen) atoms. The van der Waals surface area contributed by atoms with Crippen LogP contribution in [0.15, 0.2) is 18.2 Å². The largest absolute Gasteiger partial charge is 1.00 e. The van der Waals surface area contributed by atoms with Gasteiger partial charge < -0.3 is 22.5 Å². The molecule has 0 aromatic heterocycles. The van der Waals surface area contributed by atoms with E-state index < -0.39 is 0 Å². The normalized spacial score (nSPS) is 21.9. The van der Waals surface area contributed by atoms with Crippen LogP contribution in [0.5, 0.6) is 5.75 Å². The molecule has 2 nitrogen and oxygen atoms in total. The van der Waals surface area contributed by atoms with Crippen LogP contribution >= 0.6 is 0 Å². The van der Waals surface area contributed by atoms with Crippen LogP contribution in [0.25, 0.3) is 0 Å². The number of benzene rings is 1. The SMILES string of the molecule is CCCN[C@@H]1CCc2c(OC)cccc2[C@@H]1C.[Cl-]. The summed E-state index contributed by atoms with van der Waals surface area (Å²) < 4.78 is 5.46. The van der Waals surface area contributed by atoms with Gasteiger partial charge in [0.25, 0.3) is 0 Å². The molecular weight excluding hydrogens is 246 g/mol. The number of rotatable bonds is 4. The van der Waals surface area contributed by atoms with Gasteiger partial charge in [0, 0.05) is 6.04 Å². The second-order valence-electron chi connectivity index (χ2n) is 4.92. The number of hydrogen-bond donors (Lipinski definition) is 1. The van der Waals surface area contributed by atoms with Gasteiger partial charge in [-0.3, -0.25) is 0 Å². The van der Waals surface area contributed by atoms with Crippen LogP contribution in [-0.4, -0.2) is 19.7 Å². The van der Waals surface area contributed by atoms with E-state index in [-0.39, 0.29) is 12.4 Å². The second-order valence-corrected chi connectivity index (χ2v) is 4.92. The first kappa shape index (κ1) is 15.3. The van der Waals surface area contributed by atoms with E-state index in [0.717, 1.165) is 18.7 Å². The van der Waals surface area contributed by atoms with Crippen LogP contribution in [0.1, 0.15) is 43.7 Å². The Balaban J connectivity index is 0.00000162. The lowest BCUT2D eigenvalue weighted by Crippen LogP contribution is -3.00. The molecule has 0 aliphatic heterocycles. The van der Waals surface area contributed by atoms with Gasteiger partial charge in [0.15, 0.2) is 0 Å². The lowest BCUT2D eigenvalue weighted by atomic mass is 9.80. The van der Waals surface area contributed by atoms with Gasteiger partial charge in [-0.2, -0.15) is 0 Å². The lowest BCUT2D eigenvalue weighted by Gasteiger charge is -2.32. The summed E-state index contributed by atoms with van der Waals surface area (Å²) in [6.07, 6.45) is 3.55. The van der Waals surface area contributed by atoms with Crippen LogP contribution in [0, 0.1) is 0 Å². The van der Waals surface area contributed by atoms with Crippen molar-refractivity contribution in [2.75, 3.05) is 13.7 Å². The molecule has 0 spiro atoms. The molecule has 0 unspecified atom stereocenters. The van der Waals surface area contributed by atoms with Gasteiger partial charge in [-0.15, -0.1) is 0 Å². The number of methoxy groups -OCH3 is 1. The van der Waals surface area contributed by atoms with Crippen LogP contribution in [0.3, 0.4) is 0 Å². The third-order valence-corrected chi connectivity index (χ3v) is 3.85. The fraction of sp³-hybridized carbons (Fsp3) is 0.600. The molecule has 2 atom stereocenters. The molecule has 3 heteroatoms. The Morgan fingerprint density at radius 3 is 2.83 bits per heavy atom. The van der Waals surface area contributed by atoms with Crippen LogP contribution < -0.4 is 22.5 Å². The van der Waals surface area contributed by atoms with E-state index in [2.05, 4.69) is 37.4 Å². The molecule has 1 aromatic carbocycles. The molecule has 0 bridgehead atoms. The molecule has 1 aromatic rings. The fourth-order valence-corrected chi connectivity index (χ4v) is 2.84. The molecule has 0 saturated carbocycles. The van der Waals surface area contributed by atoms with Gasteiger partial charge in [0.2, 0.25) is 0 Å². The second kappa shape index (κ2) is 7.01. The zero-order chi connectivity index (χ0) is 12.3. The number of hydrogen-bond acceptors (Lipinski definition) is 2. The van der Waals surface area contributed by atoms with E-state index >= 15 is 0 Å². The molecule has 1 N–H and O–H groups in total. The van der Waals surface area contributed by atoms with Crippen molar-refractivity contribution in [1.29, 1.82) is 0 Å². The summed E-state index contributed by atoms with van der Waals surface area (Å²) in [7, 11) is 1.77. The summed E-state index contributed by atoms with van der Waals surface area (Å²) in [6, 6.07) is 7.05. The zero-order valence-electron chi connectivity index (χ0n) is 11.5. The number of nitrogens with one attached hydrogen (secondary N) is 1. The highest BCUT2D eigenvalue weighted by molar-refractivity contribution is 5.44. The van der Waals surface area contributed by atoms with Gasteiger partial charge in [-0.05, 0) is 48.9 Å². The Morgan fingerprint density at radius 1 is 1.39 bits per heavy atom. The van der Waals surface area contributed by atoms with Crippen molar-refractivity contribution in [1.82, 2.24) is 5.32 Å². The standard InChI is InChI=1S/C15H23NO.ClH/c1-4-10-16-14-9-8-13-12(11(14)2)6-5-7-15(13)17-3;/h5-7,11,14,16H,4,8-10H2,1-3H3;1H/p-1/t11-,14+;/m0./s1. The highest BCUT2D eigenvalue weighted by Crippen LogP contribution is 2.36. The molecule has 1 aliphatic carbocycles. The molecule has 0 heterocycles. The summed E-state index contributed by atoms with van der Waals surface area (Å²) in [5, 5.41) is 3.66. The summed E-state index contributed by atoms with van der Waals surface area (Å²) in [5.41, 5.74) is 2.88. The van der Waals surface area contributed by atoms with E-state index in [1.807, 2.05) is 0 Å². The van der Waals surface area contributed by atoms with Crippen molar-refractivity contribution in [3.05, 3.63) is 29.3 Å². The third kappa shape index (κ3) is 2.99. The van der Waals surface area contributed by atoms with E-state index in [9.17, 15) is 0 Å². The van der Waals surface area contributed by atoms with Crippen molar-refractivity contribution in [3.8, 4) is 5.75 Å². The molecule has 0 radical (unpaired) electrons. The van der Waals surface area contributed by atoms with Gasteiger partial charge in [-0.25, -0.2) is 0 Å². The highest BCUT2D eigenvalue weighted by Gasteiger charge is 2.27. The molecule has 102 valence electrons. The van der Waals surface area contributed by atoms with Crippen molar-refractivity contribution in [2.24, 2.45) is 0 Å². The monoisotopic (exact) mass is 268 g/mol. The first-order valence-electron chi connectivity index (χ1n) is 6.67. The maximum Gasteiger partial charge on any atom is 0.122 e. The van der Waals surface area contributed by atoms with Crippen molar-refractivity contribution in [3.63, 3.8) is 0 Å². The topological polar surface area (TPSA) is 21.3 Å². The van der Waals surface area contributed by atoms with Gasteiger partial charge >= 0.3 is 0 Å². The highest BCUT2D eigenvalue weighted by atomic mass is 35.5. The Bertz CT molecular complexity index is 381. The Hall–Kier alpha value is -0.730. The third-order valence-electron chi connectivity index (χ3n) is 3.85. The van der Waals surface area contributed by atoms with Gasteiger partial charge in [-0.1, -0.05) is 26.0 Å². The number of fused-ring (bicyclic) bond motifs is 1. The van der Waals surface area contributed by atoms with E-state index in [0.29, 0.717) is 12.0 Å².